The van der Waals surface area contributed by atoms with Crippen LogP contribution >= 0.6 is 0 Å². The number of carbonyl (C=O) groups excluding carboxylic acids is 1. The van der Waals surface area contributed by atoms with Gasteiger partial charge in [0.15, 0.2) is 5.69 Å². The van der Waals surface area contributed by atoms with Crippen LogP contribution in [0.2, 0.25) is 25.7 Å². The van der Waals surface area contributed by atoms with Gasteiger partial charge in [-0.2, -0.15) is 18.3 Å². The van der Waals surface area contributed by atoms with Crippen molar-refractivity contribution >= 4 is 14.0 Å². The van der Waals surface area contributed by atoms with Crippen molar-refractivity contribution in [2.24, 2.45) is 0 Å². The summed E-state index contributed by atoms with van der Waals surface area (Å²) in [6.07, 6.45) is -3.35. The van der Waals surface area contributed by atoms with Crippen LogP contribution in [0, 0.1) is 0 Å². The van der Waals surface area contributed by atoms with Crippen molar-refractivity contribution in [3.05, 3.63) is 17.0 Å². The van der Waals surface area contributed by atoms with E-state index in [2.05, 4.69) is 24.7 Å². The number of aromatic nitrogens is 2. The Bertz CT molecular complexity index is 619. The highest BCUT2D eigenvalue weighted by Gasteiger charge is 2.46. The third kappa shape index (κ3) is 5.31. The van der Waals surface area contributed by atoms with Gasteiger partial charge in [-0.05, 0) is 25.8 Å². The van der Waals surface area contributed by atoms with Gasteiger partial charge in [0.2, 0.25) is 0 Å². The molecule has 9 heteroatoms. The number of alkyl halides is 3. The Morgan fingerprint density at radius 3 is 2.44 bits per heavy atom. The summed E-state index contributed by atoms with van der Waals surface area (Å²) in [5.74, 6) is -1.25. The second-order valence-electron chi connectivity index (χ2n) is 7.45. The monoisotopic (exact) mass is 378 g/mol. The molecule has 1 aromatic heterocycles. The van der Waals surface area contributed by atoms with Crippen molar-refractivity contribution in [1.82, 2.24) is 9.78 Å². The van der Waals surface area contributed by atoms with Gasteiger partial charge in [0.05, 0.1) is 12.3 Å². The van der Waals surface area contributed by atoms with E-state index in [0.29, 0.717) is 19.4 Å². The van der Waals surface area contributed by atoms with Crippen molar-refractivity contribution in [2.75, 3.05) is 13.2 Å². The van der Waals surface area contributed by atoms with Crippen LogP contribution < -0.4 is 0 Å². The predicted molar refractivity (Wildman–Crippen MR) is 89.3 cm³/mol. The molecule has 0 amide bonds. The Hall–Kier alpha value is -1.35. The number of halogens is 3. The van der Waals surface area contributed by atoms with Crippen LogP contribution in [-0.2, 0) is 22.4 Å². The molecule has 0 N–H and O–H groups in total. The molecule has 0 aromatic carbocycles. The number of ether oxygens (including phenoxy) is 2. The lowest BCUT2D eigenvalue weighted by Gasteiger charge is -2.16. The minimum atomic E-state index is -4.66. The van der Waals surface area contributed by atoms with Gasteiger partial charge in [-0.25, -0.2) is 9.48 Å². The molecular formula is C16H25F3N2O3Si. The molecule has 1 aliphatic rings. The van der Waals surface area contributed by atoms with E-state index in [9.17, 15) is 18.0 Å². The Morgan fingerprint density at radius 1 is 1.32 bits per heavy atom. The first-order valence-electron chi connectivity index (χ1n) is 8.47. The molecular weight excluding hydrogens is 353 g/mol. The number of hydrogen-bond acceptors (Lipinski definition) is 4. The Labute approximate surface area is 146 Å². The molecule has 1 aromatic rings. The van der Waals surface area contributed by atoms with Crippen LogP contribution in [0.15, 0.2) is 0 Å². The lowest BCUT2D eigenvalue weighted by molar-refractivity contribution is -0.138. The van der Waals surface area contributed by atoms with Gasteiger partial charge in [-0.3, -0.25) is 0 Å². The zero-order valence-corrected chi connectivity index (χ0v) is 16.1. The molecule has 25 heavy (non-hydrogen) atoms. The minimum Gasteiger partial charge on any atom is -0.461 e. The van der Waals surface area contributed by atoms with Crippen LogP contribution in [-0.4, -0.2) is 37.0 Å². The van der Waals surface area contributed by atoms with E-state index in [1.165, 1.54) is 0 Å². The lowest BCUT2D eigenvalue weighted by atomic mass is 10.1. The lowest BCUT2D eigenvalue weighted by Crippen LogP contribution is -2.23. The first-order valence-corrected chi connectivity index (χ1v) is 12.2. The number of nitrogens with zero attached hydrogens (tertiary/aromatic N) is 2. The number of hydrogen-bond donors (Lipinski definition) is 0. The first-order chi connectivity index (χ1) is 11.5. The third-order valence-corrected chi connectivity index (χ3v) is 5.61. The van der Waals surface area contributed by atoms with E-state index in [4.69, 9.17) is 9.47 Å². The van der Waals surface area contributed by atoms with Crippen molar-refractivity contribution in [3.63, 3.8) is 0 Å². The summed E-state index contributed by atoms with van der Waals surface area (Å²) in [6.45, 7) is 8.34. The van der Waals surface area contributed by atoms with Gasteiger partial charge in [0.25, 0.3) is 0 Å². The first kappa shape index (κ1) is 20.0. The van der Waals surface area contributed by atoms with Gasteiger partial charge >= 0.3 is 12.1 Å². The molecule has 5 nitrogen and oxygen atoms in total. The average Bonchev–Trinajstić information content (AvgIpc) is 3.22. The SMILES string of the molecule is CCOC(=O)c1c(C(F)(F)F)c(C2CC2)nn1COCC[Si](C)(C)C. The molecule has 0 atom stereocenters. The molecule has 0 unspecified atom stereocenters. The van der Waals surface area contributed by atoms with E-state index >= 15 is 0 Å². The number of esters is 1. The van der Waals surface area contributed by atoms with Crippen LogP contribution in [0.1, 0.15) is 47.4 Å². The van der Waals surface area contributed by atoms with E-state index in [0.717, 1.165) is 10.7 Å². The Balaban J connectivity index is 2.29. The fraction of sp³-hybridized carbons (Fsp3) is 0.750. The fourth-order valence-corrected chi connectivity index (χ4v) is 3.19. The molecule has 0 bridgehead atoms. The van der Waals surface area contributed by atoms with Gasteiger partial charge in [-0.1, -0.05) is 19.6 Å². The second kappa shape index (κ2) is 7.49. The van der Waals surface area contributed by atoms with Crippen LogP contribution in [0.25, 0.3) is 0 Å². The predicted octanol–water partition coefficient (Wildman–Crippen LogP) is 4.27. The van der Waals surface area contributed by atoms with E-state index < -0.39 is 31.5 Å². The minimum absolute atomic E-state index is 0.00342. The third-order valence-electron chi connectivity index (χ3n) is 3.91. The van der Waals surface area contributed by atoms with Crippen molar-refractivity contribution in [2.45, 2.75) is 64.3 Å². The second-order valence-corrected chi connectivity index (χ2v) is 13.1. The summed E-state index contributed by atoms with van der Waals surface area (Å²) < 4.78 is 52.0. The molecule has 0 radical (unpaired) electrons. The van der Waals surface area contributed by atoms with Gasteiger partial charge in [0, 0.05) is 20.6 Å². The van der Waals surface area contributed by atoms with Gasteiger partial charge in [0.1, 0.15) is 12.3 Å². The molecule has 2 rings (SSSR count). The van der Waals surface area contributed by atoms with E-state index in [1.54, 1.807) is 6.92 Å². The molecule has 1 aliphatic carbocycles. The maximum Gasteiger partial charge on any atom is 0.420 e. The highest BCUT2D eigenvalue weighted by Crippen LogP contribution is 2.46. The molecule has 0 saturated heterocycles. The summed E-state index contributed by atoms with van der Waals surface area (Å²) >= 11 is 0. The molecule has 1 saturated carbocycles. The summed E-state index contributed by atoms with van der Waals surface area (Å²) in [5.41, 5.74) is -1.59. The van der Waals surface area contributed by atoms with Crippen molar-refractivity contribution < 1.29 is 27.4 Å². The van der Waals surface area contributed by atoms with E-state index in [1.807, 2.05) is 0 Å². The normalized spacial score (nSPS) is 15.5. The average molecular weight is 378 g/mol. The fourth-order valence-electron chi connectivity index (χ4n) is 2.43. The smallest absolute Gasteiger partial charge is 0.420 e. The van der Waals surface area contributed by atoms with Crippen LogP contribution in [0.4, 0.5) is 13.2 Å². The zero-order valence-electron chi connectivity index (χ0n) is 15.1. The Morgan fingerprint density at radius 2 is 1.96 bits per heavy atom. The molecule has 0 spiro atoms. The summed E-state index contributed by atoms with van der Waals surface area (Å²) in [5, 5.41) is 4.06. The van der Waals surface area contributed by atoms with Crippen molar-refractivity contribution in [3.8, 4) is 0 Å². The molecule has 1 fully saturated rings. The maximum absolute atomic E-state index is 13.6. The Kier molecular flexibility index (Phi) is 5.98. The largest absolute Gasteiger partial charge is 0.461 e. The topological polar surface area (TPSA) is 53.3 Å². The summed E-state index contributed by atoms with van der Waals surface area (Å²) in [4.78, 5) is 12.1. The highest BCUT2D eigenvalue weighted by atomic mass is 28.3. The van der Waals surface area contributed by atoms with Crippen LogP contribution in [0.5, 0.6) is 0 Å². The van der Waals surface area contributed by atoms with Crippen LogP contribution in [0.3, 0.4) is 0 Å². The molecule has 0 aliphatic heterocycles. The van der Waals surface area contributed by atoms with Crippen molar-refractivity contribution in [1.29, 1.82) is 0 Å². The number of carbonyl (C=O) groups is 1. The molecule has 142 valence electrons. The summed E-state index contributed by atoms with van der Waals surface area (Å²) in [6, 6.07) is 0.880. The maximum atomic E-state index is 13.6. The van der Waals surface area contributed by atoms with E-state index in [-0.39, 0.29) is 24.9 Å². The summed E-state index contributed by atoms with van der Waals surface area (Å²) in [7, 11) is -1.31. The standard InChI is InChI=1S/C16H25F3N2O3Si/c1-5-24-15(22)14-12(16(17,18)19)13(11-6-7-11)20-21(14)10-23-8-9-25(2,3)4/h11H,5-10H2,1-4H3. The van der Waals surface area contributed by atoms with Gasteiger partial charge < -0.3 is 9.47 Å². The number of rotatable bonds is 8. The highest BCUT2D eigenvalue weighted by molar-refractivity contribution is 6.76. The van der Waals surface area contributed by atoms with Gasteiger partial charge in [-0.15, -0.1) is 0 Å². The quantitative estimate of drug-likeness (QED) is 0.385. The zero-order chi connectivity index (χ0) is 18.8. The molecule has 1 heterocycles.